The maximum atomic E-state index is 13.7. The summed E-state index contributed by atoms with van der Waals surface area (Å²) in [6, 6.07) is 2.62. The van der Waals surface area contributed by atoms with Crippen LogP contribution in [0.2, 0.25) is 0 Å². The minimum Gasteiger partial charge on any atom is -0.317 e. The van der Waals surface area contributed by atoms with Gasteiger partial charge in [-0.3, -0.25) is 0 Å². The van der Waals surface area contributed by atoms with Gasteiger partial charge in [0, 0.05) is 7.05 Å². The van der Waals surface area contributed by atoms with Crippen LogP contribution in [-0.4, -0.2) is 14.8 Å². The maximum absolute atomic E-state index is 13.7. The Kier molecular flexibility index (Phi) is 2.22. The molecule has 15 heavy (non-hydrogen) atoms. The molecule has 0 saturated carbocycles. The van der Waals surface area contributed by atoms with Crippen molar-refractivity contribution < 1.29 is 8.78 Å². The Bertz CT molecular complexity index is 505. The van der Waals surface area contributed by atoms with Crippen molar-refractivity contribution in [3.63, 3.8) is 0 Å². The lowest BCUT2D eigenvalue weighted by Crippen LogP contribution is -1.99. The van der Waals surface area contributed by atoms with Crippen LogP contribution in [-0.2, 0) is 7.05 Å². The number of hydrogen-bond acceptors (Lipinski definition) is 2. The summed E-state index contributed by atoms with van der Waals surface area (Å²) in [5.41, 5.74) is 0.254. The average molecular weight is 209 g/mol. The fourth-order valence-corrected chi connectivity index (χ4v) is 1.37. The van der Waals surface area contributed by atoms with Crippen LogP contribution in [0.15, 0.2) is 18.5 Å². The molecule has 0 radical (unpaired) electrons. The molecule has 0 aliphatic heterocycles. The molecule has 78 valence electrons. The Labute approximate surface area is 85.4 Å². The molecular weight excluding hydrogens is 200 g/mol. The van der Waals surface area contributed by atoms with Gasteiger partial charge in [-0.25, -0.2) is 8.78 Å². The molecule has 0 atom stereocenters. The van der Waals surface area contributed by atoms with E-state index in [9.17, 15) is 8.78 Å². The van der Waals surface area contributed by atoms with Gasteiger partial charge in [-0.1, -0.05) is 6.07 Å². The first-order chi connectivity index (χ1) is 7.11. The second kappa shape index (κ2) is 3.42. The van der Waals surface area contributed by atoms with Crippen LogP contribution >= 0.6 is 0 Å². The van der Waals surface area contributed by atoms with Crippen molar-refractivity contribution >= 4 is 0 Å². The van der Waals surface area contributed by atoms with Crippen LogP contribution < -0.4 is 0 Å². The fourth-order valence-electron chi connectivity index (χ4n) is 1.37. The van der Waals surface area contributed by atoms with E-state index in [-0.39, 0.29) is 11.4 Å². The number of hydrogen-bond donors (Lipinski definition) is 0. The molecule has 0 bridgehead atoms. The molecule has 0 N–H and O–H groups in total. The summed E-state index contributed by atoms with van der Waals surface area (Å²) in [5.74, 6) is -1.03. The smallest absolute Gasteiger partial charge is 0.169 e. The molecular formula is C10H9F2N3. The SMILES string of the molecule is Cc1ccc(F)c(-c2nncn2C)c1F. The highest BCUT2D eigenvalue weighted by Crippen LogP contribution is 2.25. The lowest BCUT2D eigenvalue weighted by atomic mass is 10.1. The minimum atomic E-state index is -0.630. The van der Waals surface area contributed by atoms with Gasteiger partial charge in [0.15, 0.2) is 5.82 Å². The highest BCUT2D eigenvalue weighted by atomic mass is 19.1. The first-order valence-corrected chi connectivity index (χ1v) is 4.40. The highest BCUT2D eigenvalue weighted by Gasteiger charge is 2.17. The Morgan fingerprint density at radius 2 is 2.00 bits per heavy atom. The minimum absolute atomic E-state index is 0.130. The molecule has 1 heterocycles. The number of rotatable bonds is 1. The normalized spacial score (nSPS) is 10.7. The monoisotopic (exact) mass is 209 g/mol. The molecule has 1 aromatic carbocycles. The lowest BCUT2D eigenvalue weighted by Gasteiger charge is -2.05. The molecule has 0 spiro atoms. The molecule has 0 aliphatic rings. The molecule has 0 unspecified atom stereocenters. The van der Waals surface area contributed by atoms with Gasteiger partial charge in [-0.15, -0.1) is 10.2 Å². The van der Waals surface area contributed by atoms with E-state index in [0.717, 1.165) is 0 Å². The molecule has 3 nitrogen and oxygen atoms in total. The number of nitrogens with zero attached hydrogens (tertiary/aromatic N) is 3. The third kappa shape index (κ3) is 1.49. The molecule has 1 aromatic heterocycles. The van der Waals surface area contributed by atoms with Crippen LogP contribution in [0.25, 0.3) is 11.4 Å². The van der Waals surface area contributed by atoms with E-state index in [1.807, 2.05) is 0 Å². The number of aryl methyl sites for hydroxylation is 2. The van der Waals surface area contributed by atoms with Crippen molar-refractivity contribution in [1.29, 1.82) is 0 Å². The van der Waals surface area contributed by atoms with Crippen LogP contribution in [0, 0.1) is 18.6 Å². The summed E-state index contributed by atoms with van der Waals surface area (Å²) < 4.78 is 28.6. The van der Waals surface area contributed by atoms with Gasteiger partial charge < -0.3 is 4.57 Å². The van der Waals surface area contributed by atoms with Crippen LogP contribution in [0.5, 0.6) is 0 Å². The van der Waals surface area contributed by atoms with Crippen LogP contribution in [0.1, 0.15) is 5.56 Å². The maximum Gasteiger partial charge on any atom is 0.169 e. The Morgan fingerprint density at radius 3 is 2.60 bits per heavy atom. The predicted octanol–water partition coefficient (Wildman–Crippen LogP) is 2.07. The zero-order valence-corrected chi connectivity index (χ0v) is 8.33. The zero-order chi connectivity index (χ0) is 11.0. The highest BCUT2D eigenvalue weighted by molar-refractivity contribution is 5.58. The third-order valence-corrected chi connectivity index (χ3v) is 2.22. The molecule has 0 saturated heterocycles. The molecule has 5 heteroatoms. The van der Waals surface area contributed by atoms with Crippen LogP contribution in [0.3, 0.4) is 0 Å². The summed E-state index contributed by atoms with van der Waals surface area (Å²) in [5, 5.41) is 7.27. The van der Waals surface area contributed by atoms with E-state index in [1.165, 1.54) is 23.0 Å². The first-order valence-electron chi connectivity index (χ1n) is 4.40. The largest absolute Gasteiger partial charge is 0.317 e. The van der Waals surface area contributed by atoms with E-state index in [2.05, 4.69) is 10.2 Å². The Hall–Kier alpha value is -1.78. The van der Waals surface area contributed by atoms with Gasteiger partial charge in [-0.2, -0.15) is 0 Å². The first kappa shape index (κ1) is 9.76. The number of benzene rings is 1. The van der Waals surface area contributed by atoms with Crippen molar-refractivity contribution in [3.8, 4) is 11.4 Å². The van der Waals surface area contributed by atoms with E-state index in [1.54, 1.807) is 14.0 Å². The van der Waals surface area contributed by atoms with Crippen molar-refractivity contribution in [2.24, 2.45) is 7.05 Å². The zero-order valence-electron chi connectivity index (χ0n) is 8.33. The number of aromatic nitrogens is 3. The summed E-state index contributed by atoms with van der Waals surface area (Å²) >= 11 is 0. The summed E-state index contributed by atoms with van der Waals surface area (Å²) in [6.45, 7) is 1.58. The van der Waals surface area contributed by atoms with Gasteiger partial charge in [0.25, 0.3) is 0 Å². The Morgan fingerprint density at radius 1 is 1.27 bits per heavy atom. The molecule has 2 aromatic rings. The van der Waals surface area contributed by atoms with E-state index >= 15 is 0 Å². The standard InChI is InChI=1S/C10H9F2N3/c1-6-3-4-7(11)8(9(6)12)10-14-13-5-15(10)2/h3-5H,1-2H3. The van der Waals surface area contributed by atoms with Crippen molar-refractivity contribution in [2.75, 3.05) is 0 Å². The summed E-state index contributed by atoms with van der Waals surface area (Å²) in [7, 11) is 1.64. The molecule has 0 aliphatic carbocycles. The predicted molar refractivity (Wildman–Crippen MR) is 51.1 cm³/mol. The van der Waals surface area contributed by atoms with Gasteiger partial charge >= 0.3 is 0 Å². The second-order valence-electron chi connectivity index (χ2n) is 3.32. The van der Waals surface area contributed by atoms with E-state index < -0.39 is 11.6 Å². The quantitative estimate of drug-likeness (QED) is 0.719. The van der Waals surface area contributed by atoms with Gasteiger partial charge in [0.1, 0.15) is 18.0 Å². The van der Waals surface area contributed by atoms with E-state index in [0.29, 0.717) is 5.56 Å². The summed E-state index contributed by atoms with van der Waals surface area (Å²) in [6.07, 6.45) is 1.40. The van der Waals surface area contributed by atoms with Crippen LogP contribution in [0.4, 0.5) is 8.78 Å². The van der Waals surface area contributed by atoms with Gasteiger partial charge in [0.05, 0.1) is 5.56 Å². The molecule has 2 rings (SSSR count). The average Bonchev–Trinajstić information content (AvgIpc) is 2.60. The van der Waals surface area contributed by atoms with Gasteiger partial charge in [-0.05, 0) is 18.6 Å². The molecule has 0 fully saturated rings. The second-order valence-corrected chi connectivity index (χ2v) is 3.32. The van der Waals surface area contributed by atoms with Gasteiger partial charge in [0.2, 0.25) is 0 Å². The van der Waals surface area contributed by atoms with Crippen molar-refractivity contribution in [2.45, 2.75) is 6.92 Å². The van der Waals surface area contributed by atoms with E-state index in [4.69, 9.17) is 0 Å². The Balaban J connectivity index is 2.72. The number of halogens is 2. The third-order valence-electron chi connectivity index (χ3n) is 2.22. The lowest BCUT2D eigenvalue weighted by molar-refractivity contribution is 0.580. The fraction of sp³-hybridized carbons (Fsp3) is 0.200. The van der Waals surface area contributed by atoms with Crippen molar-refractivity contribution in [1.82, 2.24) is 14.8 Å². The summed E-state index contributed by atoms with van der Waals surface area (Å²) in [4.78, 5) is 0. The molecule has 0 amide bonds. The van der Waals surface area contributed by atoms with Crippen molar-refractivity contribution in [3.05, 3.63) is 35.7 Å². The topological polar surface area (TPSA) is 30.7 Å².